The maximum Gasteiger partial charge on any atom is 0.264 e. The zero-order chi connectivity index (χ0) is 16.3. The summed E-state index contributed by atoms with van der Waals surface area (Å²) in [6.07, 6.45) is 2.09. The molecule has 0 saturated heterocycles. The summed E-state index contributed by atoms with van der Waals surface area (Å²) in [6, 6.07) is 5.26. The zero-order valence-electron chi connectivity index (χ0n) is 13.3. The van der Waals surface area contributed by atoms with Crippen molar-refractivity contribution < 1.29 is 8.78 Å². The maximum absolute atomic E-state index is 13.2. The first kappa shape index (κ1) is 16.2. The van der Waals surface area contributed by atoms with Gasteiger partial charge in [0.1, 0.15) is 0 Å². The van der Waals surface area contributed by atoms with Gasteiger partial charge in [-0.15, -0.1) is 0 Å². The van der Waals surface area contributed by atoms with Crippen LogP contribution >= 0.6 is 0 Å². The minimum Gasteiger partial charge on any atom is -0.359 e. The summed E-state index contributed by atoms with van der Waals surface area (Å²) in [5, 5.41) is 4.97. The van der Waals surface area contributed by atoms with E-state index in [1.54, 1.807) is 30.2 Å². The van der Waals surface area contributed by atoms with Gasteiger partial charge in [0.25, 0.3) is 6.43 Å². The van der Waals surface area contributed by atoms with Gasteiger partial charge in [-0.2, -0.15) is 5.10 Å². The lowest BCUT2D eigenvalue weighted by Gasteiger charge is -2.07. The molecule has 3 aromatic rings. The van der Waals surface area contributed by atoms with Crippen LogP contribution < -0.4 is 0 Å². The number of alkyl halides is 2. The number of aromatic nitrogens is 3. The number of aromatic amines is 1. The van der Waals surface area contributed by atoms with E-state index in [1.165, 1.54) is 12.5 Å². The first-order valence-corrected chi connectivity index (χ1v) is 7.36. The number of halogens is 2. The van der Waals surface area contributed by atoms with Crippen molar-refractivity contribution in [1.29, 1.82) is 0 Å². The van der Waals surface area contributed by atoms with Gasteiger partial charge in [-0.1, -0.05) is 20.3 Å². The Bertz CT molecular complexity index is 756. The quantitative estimate of drug-likeness (QED) is 0.691. The molecule has 118 valence electrons. The van der Waals surface area contributed by atoms with Crippen LogP contribution in [0.4, 0.5) is 8.78 Å². The summed E-state index contributed by atoms with van der Waals surface area (Å²) in [7, 11) is 1.77. The number of nitrogens with zero attached hydrogens (tertiary/aromatic N) is 2. The second-order valence-electron chi connectivity index (χ2n) is 5.39. The average Bonchev–Trinajstić information content (AvgIpc) is 3.02. The van der Waals surface area contributed by atoms with Crippen LogP contribution in [0.15, 0.2) is 30.6 Å². The minimum atomic E-state index is -2.51. The Kier molecular flexibility index (Phi) is 4.96. The summed E-state index contributed by atoms with van der Waals surface area (Å²) in [5.74, 6) is 0. The van der Waals surface area contributed by atoms with E-state index in [0.717, 1.165) is 16.6 Å². The van der Waals surface area contributed by atoms with Crippen molar-refractivity contribution >= 4 is 10.9 Å². The van der Waals surface area contributed by atoms with E-state index >= 15 is 0 Å². The molecule has 0 bridgehead atoms. The number of nitrogens with one attached hydrogen (secondary N) is 1. The number of benzene rings is 1. The van der Waals surface area contributed by atoms with E-state index in [2.05, 4.69) is 23.9 Å². The highest BCUT2D eigenvalue weighted by molar-refractivity contribution is 5.87. The molecule has 1 aromatic carbocycles. The summed E-state index contributed by atoms with van der Waals surface area (Å²) < 4.78 is 28.0. The van der Waals surface area contributed by atoms with Crippen LogP contribution in [-0.2, 0) is 7.05 Å². The lowest BCUT2D eigenvalue weighted by Crippen LogP contribution is -1.90. The van der Waals surface area contributed by atoms with Gasteiger partial charge in [-0.05, 0) is 30.7 Å². The van der Waals surface area contributed by atoms with Gasteiger partial charge in [-0.3, -0.25) is 4.68 Å². The Hall–Kier alpha value is -2.17. The molecular formula is C17H21F2N3. The third-order valence-electron chi connectivity index (χ3n) is 3.18. The number of hydrogen-bond acceptors (Lipinski definition) is 1. The van der Waals surface area contributed by atoms with Gasteiger partial charge in [0.15, 0.2) is 0 Å². The smallest absolute Gasteiger partial charge is 0.264 e. The standard InChI is InChI=1S/C14H13F2N3.C3H8/c1-8-3-9-4-11(10-6-17-19(2)7-10)12(14(15)16)5-13(9)18-8;1-3-2/h3-7,14,18H,1-2H3;3H2,1-2H3. The summed E-state index contributed by atoms with van der Waals surface area (Å²) in [6.45, 7) is 6.16. The predicted molar refractivity (Wildman–Crippen MR) is 86.2 cm³/mol. The van der Waals surface area contributed by atoms with Gasteiger partial charge < -0.3 is 4.98 Å². The number of hydrogen-bond donors (Lipinski definition) is 1. The van der Waals surface area contributed by atoms with E-state index in [-0.39, 0.29) is 5.56 Å². The molecule has 3 nitrogen and oxygen atoms in total. The Morgan fingerprint density at radius 2 is 1.91 bits per heavy atom. The van der Waals surface area contributed by atoms with Crippen molar-refractivity contribution in [2.75, 3.05) is 0 Å². The van der Waals surface area contributed by atoms with E-state index < -0.39 is 6.43 Å². The molecule has 5 heteroatoms. The molecule has 0 saturated carbocycles. The van der Waals surface area contributed by atoms with Gasteiger partial charge >= 0.3 is 0 Å². The third kappa shape index (κ3) is 3.35. The van der Waals surface area contributed by atoms with Gasteiger partial charge in [-0.25, -0.2) is 8.78 Å². The first-order chi connectivity index (χ1) is 10.5. The lowest BCUT2D eigenvalue weighted by molar-refractivity contribution is 0.152. The minimum absolute atomic E-state index is 0.0300. The highest BCUT2D eigenvalue weighted by Crippen LogP contribution is 2.34. The van der Waals surface area contributed by atoms with E-state index in [4.69, 9.17) is 0 Å². The van der Waals surface area contributed by atoms with Crippen LogP contribution in [-0.4, -0.2) is 14.8 Å². The van der Waals surface area contributed by atoms with E-state index in [0.29, 0.717) is 11.1 Å². The monoisotopic (exact) mass is 305 g/mol. The van der Waals surface area contributed by atoms with Crippen LogP contribution in [0.3, 0.4) is 0 Å². The van der Waals surface area contributed by atoms with Crippen LogP contribution in [0, 0.1) is 6.92 Å². The summed E-state index contributed by atoms with van der Waals surface area (Å²) in [5.41, 5.74) is 2.97. The molecule has 3 rings (SSSR count). The highest BCUT2D eigenvalue weighted by atomic mass is 19.3. The second kappa shape index (κ2) is 6.73. The Morgan fingerprint density at radius 3 is 2.45 bits per heavy atom. The molecule has 0 fully saturated rings. The highest BCUT2D eigenvalue weighted by Gasteiger charge is 2.17. The van der Waals surface area contributed by atoms with Crippen molar-refractivity contribution in [2.45, 2.75) is 33.6 Å². The van der Waals surface area contributed by atoms with Crippen molar-refractivity contribution in [3.8, 4) is 11.1 Å². The molecule has 0 amide bonds. The van der Waals surface area contributed by atoms with Gasteiger partial charge in [0, 0.05) is 41.0 Å². The maximum atomic E-state index is 13.2. The summed E-state index contributed by atoms with van der Waals surface area (Å²) >= 11 is 0. The fraction of sp³-hybridized carbons (Fsp3) is 0.353. The number of rotatable bonds is 2. The van der Waals surface area contributed by atoms with Crippen molar-refractivity contribution in [1.82, 2.24) is 14.8 Å². The van der Waals surface area contributed by atoms with Gasteiger partial charge in [0.2, 0.25) is 0 Å². The molecule has 2 heterocycles. The number of aryl methyl sites for hydroxylation is 2. The molecule has 0 aliphatic heterocycles. The molecule has 0 aliphatic carbocycles. The zero-order valence-corrected chi connectivity index (χ0v) is 13.3. The van der Waals surface area contributed by atoms with Crippen LogP contribution in [0.25, 0.3) is 22.0 Å². The lowest BCUT2D eigenvalue weighted by atomic mass is 10.0. The fourth-order valence-electron chi connectivity index (χ4n) is 2.33. The molecular weight excluding hydrogens is 284 g/mol. The Balaban J connectivity index is 0.000000545. The Morgan fingerprint density at radius 1 is 1.23 bits per heavy atom. The van der Waals surface area contributed by atoms with Gasteiger partial charge in [0.05, 0.1) is 6.20 Å². The average molecular weight is 305 g/mol. The van der Waals surface area contributed by atoms with Crippen molar-refractivity contribution in [3.63, 3.8) is 0 Å². The molecule has 0 spiro atoms. The number of H-pyrrole nitrogens is 1. The molecule has 0 atom stereocenters. The largest absolute Gasteiger partial charge is 0.359 e. The van der Waals surface area contributed by atoms with Crippen LogP contribution in [0.2, 0.25) is 0 Å². The molecule has 0 unspecified atom stereocenters. The van der Waals surface area contributed by atoms with Crippen LogP contribution in [0.1, 0.15) is 38.0 Å². The fourth-order valence-corrected chi connectivity index (χ4v) is 2.33. The topological polar surface area (TPSA) is 33.6 Å². The Labute approximate surface area is 129 Å². The number of fused-ring (bicyclic) bond motifs is 1. The van der Waals surface area contributed by atoms with E-state index in [9.17, 15) is 8.78 Å². The third-order valence-corrected chi connectivity index (χ3v) is 3.18. The second-order valence-corrected chi connectivity index (χ2v) is 5.39. The molecule has 22 heavy (non-hydrogen) atoms. The van der Waals surface area contributed by atoms with Crippen molar-refractivity contribution in [2.24, 2.45) is 7.05 Å². The molecule has 1 N–H and O–H groups in total. The predicted octanol–water partition coefficient (Wildman–Crippen LogP) is 5.23. The normalized spacial score (nSPS) is 10.9. The SMILES string of the molecule is CCC.Cc1cc2cc(-c3cnn(C)c3)c(C(F)F)cc2[nH]1. The van der Waals surface area contributed by atoms with Crippen molar-refractivity contribution in [3.05, 3.63) is 41.9 Å². The molecule has 2 aromatic heterocycles. The first-order valence-electron chi connectivity index (χ1n) is 7.36. The molecule has 0 radical (unpaired) electrons. The molecule has 0 aliphatic rings. The summed E-state index contributed by atoms with van der Waals surface area (Å²) in [4.78, 5) is 3.08. The van der Waals surface area contributed by atoms with Crippen LogP contribution in [0.5, 0.6) is 0 Å². The van der Waals surface area contributed by atoms with E-state index in [1.807, 2.05) is 13.0 Å².